The predicted octanol–water partition coefficient (Wildman–Crippen LogP) is 1.16. The van der Waals surface area contributed by atoms with E-state index >= 15 is 0 Å². The van der Waals surface area contributed by atoms with Crippen molar-refractivity contribution in [2.75, 3.05) is 18.5 Å². The lowest BCUT2D eigenvalue weighted by Crippen LogP contribution is -2.38. The first-order valence-electron chi connectivity index (χ1n) is 7.66. The van der Waals surface area contributed by atoms with Gasteiger partial charge in [0.15, 0.2) is 0 Å². The largest absolute Gasteiger partial charge is 0.432 e. The minimum absolute atomic E-state index is 0.0599. The van der Waals surface area contributed by atoms with E-state index < -0.39 is 0 Å². The quantitative estimate of drug-likeness (QED) is 0.916. The maximum absolute atomic E-state index is 12.4. The van der Waals surface area contributed by atoms with Crippen LogP contribution in [0.2, 0.25) is 0 Å². The minimum atomic E-state index is -0.147. The Kier molecular flexibility index (Phi) is 3.42. The molecule has 2 aliphatic rings. The van der Waals surface area contributed by atoms with Gasteiger partial charge in [0.1, 0.15) is 12.3 Å². The number of rotatable bonds is 3. The Labute approximate surface area is 127 Å². The van der Waals surface area contributed by atoms with Crippen LogP contribution in [0.4, 0.5) is 6.01 Å². The van der Waals surface area contributed by atoms with Gasteiger partial charge in [0.05, 0.1) is 31.1 Å². The van der Waals surface area contributed by atoms with Gasteiger partial charge in [-0.1, -0.05) is 0 Å². The molecule has 2 aromatic rings. The van der Waals surface area contributed by atoms with E-state index in [1.807, 2.05) is 0 Å². The summed E-state index contributed by atoms with van der Waals surface area (Å²) in [5.41, 5.74) is 2.09. The molecule has 1 fully saturated rings. The lowest BCUT2D eigenvalue weighted by atomic mass is 9.97. The summed E-state index contributed by atoms with van der Waals surface area (Å²) in [5, 5.41) is 7.78. The van der Waals surface area contributed by atoms with E-state index in [1.54, 1.807) is 16.9 Å². The number of aromatic nitrogens is 3. The molecule has 116 valence electrons. The van der Waals surface area contributed by atoms with E-state index in [2.05, 4.69) is 15.4 Å². The second-order valence-corrected chi connectivity index (χ2v) is 5.80. The lowest BCUT2D eigenvalue weighted by molar-refractivity contribution is 0.182. The van der Waals surface area contributed by atoms with E-state index in [9.17, 15) is 4.79 Å². The average Bonchev–Trinajstić information content (AvgIpc) is 3.19. The van der Waals surface area contributed by atoms with Gasteiger partial charge in [-0.05, 0) is 31.2 Å². The van der Waals surface area contributed by atoms with Gasteiger partial charge in [-0.2, -0.15) is 5.10 Å². The number of aryl methyl sites for hydroxylation is 2. The monoisotopic (exact) mass is 302 g/mol. The van der Waals surface area contributed by atoms with Crippen LogP contribution in [0.5, 0.6) is 0 Å². The summed E-state index contributed by atoms with van der Waals surface area (Å²) in [5.74, 6) is 0. The van der Waals surface area contributed by atoms with Crippen LogP contribution in [-0.4, -0.2) is 34.0 Å². The molecule has 0 saturated carbocycles. The molecule has 0 radical (unpaired) electrons. The van der Waals surface area contributed by atoms with Crippen molar-refractivity contribution in [2.45, 2.75) is 37.8 Å². The number of anilines is 1. The van der Waals surface area contributed by atoms with Crippen LogP contribution in [0.3, 0.4) is 0 Å². The minimum Gasteiger partial charge on any atom is -0.432 e. The van der Waals surface area contributed by atoms with Gasteiger partial charge in [0.2, 0.25) is 0 Å². The standard InChI is InChI=1S/C15H18N4O3/c20-14-7-10-3-1-2-4-11(10)18-19(14)13-9-21-8-12(13)17-15-16-5-6-22-15/h5-7,12-13H,1-4,8-9H2,(H,16,17). The number of hydrogen-bond donors (Lipinski definition) is 1. The second-order valence-electron chi connectivity index (χ2n) is 5.80. The summed E-state index contributed by atoms with van der Waals surface area (Å²) >= 11 is 0. The third kappa shape index (κ3) is 2.41. The smallest absolute Gasteiger partial charge is 0.294 e. The molecule has 1 aliphatic heterocycles. The highest BCUT2D eigenvalue weighted by molar-refractivity contribution is 5.24. The molecule has 7 heteroatoms. The fraction of sp³-hybridized carbons (Fsp3) is 0.533. The van der Waals surface area contributed by atoms with Crippen LogP contribution in [0.15, 0.2) is 27.7 Å². The molecular weight excluding hydrogens is 284 g/mol. The SMILES string of the molecule is O=c1cc2c(nn1C1COCC1Nc1ncco1)CCCC2. The Morgan fingerprint density at radius 2 is 2.18 bits per heavy atom. The number of nitrogens with one attached hydrogen (secondary N) is 1. The Bertz CT molecular complexity index is 710. The number of ether oxygens (including phenoxy) is 1. The van der Waals surface area contributed by atoms with E-state index in [1.165, 1.54) is 6.26 Å². The molecule has 1 aliphatic carbocycles. The Hall–Kier alpha value is -2.15. The van der Waals surface area contributed by atoms with Crippen molar-refractivity contribution in [1.82, 2.24) is 14.8 Å². The maximum atomic E-state index is 12.4. The molecule has 0 bridgehead atoms. The van der Waals surface area contributed by atoms with Gasteiger partial charge >= 0.3 is 0 Å². The first kappa shape index (κ1) is 13.5. The fourth-order valence-corrected chi connectivity index (χ4v) is 3.19. The highest BCUT2D eigenvalue weighted by atomic mass is 16.5. The van der Waals surface area contributed by atoms with Gasteiger partial charge in [0.25, 0.3) is 11.6 Å². The average molecular weight is 302 g/mol. The fourth-order valence-electron chi connectivity index (χ4n) is 3.19. The van der Waals surface area contributed by atoms with E-state index in [4.69, 9.17) is 9.15 Å². The molecule has 0 amide bonds. The Morgan fingerprint density at radius 3 is 3.05 bits per heavy atom. The molecule has 1 N–H and O–H groups in total. The van der Waals surface area contributed by atoms with E-state index in [-0.39, 0.29) is 17.6 Å². The number of hydrogen-bond acceptors (Lipinski definition) is 6. The highest BCUT2D eigenvalue weighted by Gasteiger charge is 2.32. The van der Waals surface area contributed by atoms with E-state index in [0.717, 1.165) is 36.9 Å². The lowest BCUT2D eigenvalue weighted by Gasteiger charge is -2.22. The summed E-state index contributed by atoms with van der Waals surface area (Å²) in [6.45, 7) is 0.961. The number of oxazole rings is 1. The normalized spacial score (nSPS) is 24.2. The van der Waals surface area contributed by atoms with E-state index in [0.29, 0.717) is 19.2 Å². The summed E-state index contributed by atoms with van der Waals surface area (Å²) in [4.78, 5) is 16.5. The molecule has 7 nitrogen and oxygen atoms in total. The van der Waals surface area contributed by atoms with Crippen LogP contribution in [0, 0.1) is 0 Å². The van der Waals surface area contributed by atoms with Crippen molar-refractivity contribution in [2.24, 2.45) is 0 Å². The number of nitrogens with zero attached hydrogens (tertiary/aromatic N) is 3. The summed E-state index contributed by atoms with van der Waals surface area (Å²) in [6.07, 6.45) is 7.27. The molecular formula is C15H18N4O3. The topological polar surface area (TPSA) is 82.2 Å². The third-order valence-corrected chi connectivity index (χ3v) is 4.34. The van der Waals surface area contributed by atoms with Crippen LogP contribution in [0.25, 0.3) is 0 Å². The molecule has 2 unspecified atom stereocenters. The maximum Gasteiger partial charge on any atom is 0.294 e. The van der Waals surface area contributed by atoms with Crippen molar-refractivity contribution >= 4 is 6.01 Å². The number of fused-ring (bicyclic) bond motifs is 1. The molecule has 1 saturated heterocycles. The molecule has 2 aromatic heterocycles. The molecule has 3 heterocycles. The summed E-state index contributed by atoms with van der Waals surface area (Å²) in [7, 11) is 0. The van der Waals surface area contributed by atoms with Gasteiger partial charge < -0.3 is 14.5 Å². The van der Waals surface area contributed by atoms with Crippen LogP contribution in [-0.2, 0) is 17.6 Å². The van der Waals surface area contributed by atoms with Crippen LogP contribution in [0.1, 0.15) is 30.1 Å². The summed E-state index contributed by atoms with van der Waals surface area (Å²) in [6, 6.07) is 1.95. The third-order valence-electron chi connectivity index (χ3n) is 4.34. The van der Waals surface area contributed by atoms with Crippen molar-refractivity contribution in [3.8, 4) is 0 Å². The Balaban J connectivity index is 1.64. The van der Waals surface area contributed by atoms with Crippen molar-refractivity contribution in [3.05, 3.63) is 40.1 Å². The zero-order chi connectivity index (χ0) is 14.9. The molecule has 2 atom stereocenters. The predicted molar refractivity (Wildman–Crippen MR) is 78.9 cm³/mol. The summed E-state index contributed by atoms with van der Waals surface area (Å²) < 4.78 is 12.3. The molecule has 0 spiro atoms. The zero-order valence-electron chi connectivity index (χ0n) is 12.2. The van der Waals surface area contributed by atoms with Crippen molar-refractivity contribution < 1.29 is 9.15 Å². The van der Waals surface area contributed by atoms with Crippen molar-refractivity contribution in [1.29, 1.82) is 0 Å². The van der Waals surface area contributed by atoms with Crippen LogP contribution < -0.4 is 10.9 Å². The van der Waals surface area contributed by atoms with Gasteiger partial charge in [-0.25, -0.2) is 9.67 Å². The van der Waals surface area contributed by atoms with Crippen molar-refractivity contribution in [3.63, 3.8) is 0 Å². The highest BCUT2D eigenvalue weighted by Crippen LogP contribution is 2.23. The zero-order valence-corrected chi connectivity index (χ0v) is 12.2. The second kappa shape index (κ2) is 5.57. The van der Waals surface area contributed by atoms with Gasteiger partial charge in [-0.15, -0.1) is 0 Å². The van der Waals surface area contributed by atoms with Gasteiger partial charge in [-0.3, -0.25) is 4.79 Å². The molecule has 4 rings (SSSR count). The first-order chi connectivity index (χ1) is 10.8. The van der Waals surface area contributed by atoms with Gasteiger partial charge in [0, 0.05) is 6.07 Å². The molecule has 22 heavy (non-hydrogen) atoms. The molecule has 0 aromatic carbocycles. The first-order valence-corrected chi connectivity index (χ1v) is 7.66. The van der Waals surface area contributed by atoms with Crippen LogP contribution >= 0.6 is 0 Å². The Morgan fingerprint density at radius 1 is 1.27 bits per heavy atom.